The van der Waals surface area contributed by atoms with Gasteiger partial charge in [0, 0.05) is 0 Å². The number of fused-ring (bicyclic) bond motifs is 1. The van der Waals surface area contributed by atoms with Crippen molar-refractivity contribution in [3.63, 3.8) is 0 Å². The number of hydrogen-bond acceptors (Lipinski definition) is 2. The van der Waals surface area contributed by atoms with Crippen molar-refractivity contribution in [1.29, 1.82) is 0 Å². The van der Waals surface area contributed by atoms with Crippen LogP contribution in [0.25, 0.3) is 11.0 Å². The Bertz CT molecular complexity index is 322. The Balaban J connectivity index is 2.88. The standard InChI is InChI=1S/C6H5N3/c1-2-4-6-5(3-1)7-9-8-6/h1-4H,(H,7,8,9)/i/hD. The molecule has 0 radical (unpaired) electrons. The van der Waals surface area contributed by atoms with Crippen LogP contribution in [0.3, 0.4) is 0 Å². The second kappa shape index (κ2) is 1.55. The minimum atomic E-state index is 0.762. The molecule has 1 aromatic carbocycles. The van der Waals surface area contributed by atoms with Crippen LogP contribution in [-0.2, 0) is 0 Å². The van der Waals surface area contributed by atoms with Gasteiger partial charge < -0.3 is 0 Å². The first-order valence-corrected chi connectivity index (χ1v) is 2.67. The van der Waals surface area contributed by atoms with Crippen molar-refractivity contribution in [2.45, 2.75) is 0 Å². The fraction of sp³-hybridized carbons (Fsp3) is 0. The first-order chi connectivity index (χ1) is 4.86. The van der Waals surface area contributed by atoms with Gasteiger partial charge >= 0.3 is 0 Å². The minimum Gasteiger partial charge on any atom is -0.197 e. The largest absolute Gasteiger partial charge is 0.214 e. The number of nitrogens with one attached hydrogen (secondary N) is 1. The highest BCUT2D eigenvalue weighted by Gasteiger charge is 1.90. The predicted octanol–water partition coefficient (Wildman–Crippen LogP) is 0.958. The van der Waals surface area contributed by atoms with E-state index in [4.69, 9.17) is 1.41 Å². The molecule has 44 valence electrons. The molecule has 0 aliphatic rings. The molecule has 0 saturated heterocycles. The fourth-order valence-electron chi connectivity index (χ4n) is 0.752. The van der Waals surface area contributed by atoms with Crippen LogP contribution in [0.1, 0.15) is 0 Å². The molecule has 0 fully saturated rings. The summed E-state index contributed by atoms with van der Waals surface area (Å²) in [4.78, 5) is 0. The van der Waals surface area contributed by atoms with Crippen LogP contribution in [0.15, 0.2) is 24.3 Å². The Labute approximate surface area is 53.2 Å². The summed E-state index contributed by atoms with van der Waals surface area (Å²) in [6.07, 6.45) is 0. The third-order valence-corrected chi connectivity index (χ3v) is 1.19. The summed E-state index contributed by atoms with van der Waals surface area (Å²) in [5.41, 5.74) is 1.52. The normalized spacial score (nSPS) is 11.8. The van der Waals surface area contributed by atoms with E-state index >= 15 is 0 Å². The first-order valence-electron chi connectivity index (χ1n) is 3.12. The van der Waals surface area contributed by atoms with Gasteiger partial charge in [-0.15, -0.1) is 0 Å². The smallest absolute Gasteiger partial charge is 0.197 e. The summed E-state index contributed by atoms with van der Waals surface area (Å²) < 4.78 is 7.02. The molecular formula is C6H5N3. The molecule has 0 amide bonds. The summed E-state index contributed by atoms with van der Waals surface area (Å²) in [5.74, 6) is 0. The molecule has 0 atom stereocenters. The zero-order valence-corrected chi connectivity index (χ0v) is 4.65. The molecule has 9 heavy (non-hydrogen) atoms. The number of benzene rings is 1. The second-order valence-electron chi connectivity index (χ2n) is 1.78. The Morgan fingerprint density at radius 3 is 2.33 bits per heavy atom. The summed E-state index contributed by atoms with van der Waals surface area (Å²) in [6, 6.07) is 7.40. The average Bonchev–Trinajstić information content (AvgIpc) is 2.27. The summed E-state index contributed by atoms with van der Waals surface area (Å²) >= 11 is 0. The average molecular weight is 120 g/mol. The number of aromatic nitrogens is 3. The van der Waals surface area contributed by atoms with E-state index < -0.39 is 0 Å². The lowest BCUT2D eigenvalue weighted by Crippen LogP contribution is -1.63. The lowest BCUT2D eigenvalue weighted by atomic mass is 10.3. The van der Waals surface area contributed by atoms with Crippen LogP contribution >= 0.6 is 0 Å². The van der Waals surface area contributed by atoms with Crippen LogP contribution in [0.5, 0.6) is 0 Å². The quantitative estimate of drug-likeness (QED) is 0.562. The number of H-pyrrole nitrogens is 1. The molecule has 3 nitrogen and oxygen atoms in total. The number of nitrogens with zero attached hydrogens (tertiary/aromatic N) is 2. The molecule has 0 bridgehead atoms. The Kier molecular flexibility index (Phi) is 0.621. The van der Waals surface area contributed by atoms with Crippen molar-refractivity contribution in [1.82, 2.24) is 15.4 Å². The van der Waals surface area contributed by atoms with Crippen molar-refractivity contribution >= 4 is 11.0 Å². The molecule has 0 spiro atoms. The van der Waals surface area contributed by atoms with E-state index in [1.54, 1.807) is 0 Å². The van der Waals surface area contributed by atoms with E-state index in [1.807, 2.05) is 24.3 Å². The van der Waals surface area contributed by atoms with Gasteiger partial charge in [0.15, 0.2) is 0 Å². The van der Waals surface area contributed by atoms with Crippen molar-refractivity contribution in [3.05, 3.63) is 24.3 Å². The molecule has 0 unspecified atom stereocenters. The van der Waals surface area contributed by atoms with Crippen molar-refractivity contribution in [3.8, 4) is 0 Å². The number of hydrogen-bond donors (Lipinski definition) is 1. The van der Waals surface area contributed by atoms with E-state index in [0.29, 0.717) is 0 Å². The molecule has 0 aliphatic carbocycles. The van der Waals surface area contributed by atoms with Gasteiger partial charge in [0.1, 0.15) is 11.0 Å². The lowest BCUT2D eigenvalue weighted by molar-refractivity contribution is 0.959. The lowest BCUT2D eigenvalue weighted by Gasteiger charge is -1.78. The molecule has 0 aliphatic heterocycles. The van der Waals surface area contributed by atoms with Crippen molar-refractivity contribution in [2.75, 3.05) is 0 Å². The molecule has 0 saturated carbocycles. The van der Waals surface area contributed by atoms with E-state index in [2.05, 4.69) is 10.2 Å². The maximum Gasteiger partial charge on any atom is 0.214 e. The van der Waals surface area contributed by atoms with Crippen LogP contribution in [0, 0.1) is 0 Å². The summed E-state index contributed by atoms with van der Waals surface area (Å²) in [5, 5.41) is 8.39. The molecule has 2 rings (SSSR count). The van der Waals surface area contributed by atoms with Gasteiger partial charge in [-0.25, -0.2) is 0 Å². The molecule has 2 aromatic rings. The van der Waals surface area contributed by atoms with Gasteiger partial charge in [-0.3, -0.25) is 0 Å². The van der Waals surface area contributed by atoms with Gasteiger partial charge in [0.2, 0.25) is 1.41 Å². The molecule has 1 aromatic heterocycles. The van der Waals surface area contributed by atoms with Crippen LogP contribution < -0.4 is 0 Å². The van der Waals surface area contributed by atoms with Gasteiger partial charge in [-0.2, -0.15) is 15.4 Å². The molecule has 1 N–H and O–H groups in total. The first kappa shape index (κ1) is 3.61. The van der Waals surface area contributed by atoms with Gasteiger partial charge in [0.05, 0.1) is 0 Å². The molecule has 3 heteroatoms. The number of rotatable bonds is 0. The zero-order valence-electron chi connectivity index (χ0n) is 5.65. The monoisotopic (exact) mass is 120 g/mol. The van der Waals surface area contributed by atoms with Crippen LogP contribution in [0.2, 0.25) is 1.41 Å². The van der Waals surface area contributed by atoms with E-state index in [1.165, 1.54) is 0 Å². The summed E-state index contributed by atoms with van der Waals surface area (Å²) in [7, 11) is 0. The third-order valence-electron chi connectivity index (χ3n) is 1.19. The predicted molar refractivity (Wildman–Crippen MR) is 33.9 cm³/mol. The molecule has 1 heterocycles. The highest BCUT2D eigenvalue weighted by molar-refractivity contribution is 5.72. The topological polar surface area (TPSA) is 41.6 Å². The molecular weight excluding hydrogens is 114 g/mol. The van der Waals surface area contributed by atoms with Crippen LogP contribution in [-0.4, -0.2) is 15.4 Å². The van der Waals surface area contributed by atoms with Crippen molar-refractivity contribution in [2.24, 2.45) is 0 Å². The number of aromatic amines is 1. The summed E-state index contributed by atoms with van der Waals surface area (Å²) in [6.45, 7) is 0. The van der Waals surface area contributed by atoms with Crippen LogP contribution in [0.4, 0.5) is 0 Å². The number of para-hydroxylation sites is 2. The SMILES string of the molecule is [2H]n1nc2ccccc2n1. The van der Waals surface area contributed by atoms with Gasteiger partial charge in [0.25, 0.3) is 0 Å². The van der Waals surface area contributed by atoms with Gasteiger partial charge in [-0.1, -0.05) is 12.1 Å². The van der Waals surface area contributed by atoms with Gasteiger partial charge in [-0.05, 0) is 12.1 Å². The highest BCUT2D eigenvalue weighted by Crippen LogP contribution is 2.03. The van der Waals surface area contributed by atoms with E-state index in [9.17, 15) is 0 Å². The van der Waals surface area contributed by atoms with E-state index in [-0.39, 0.29) is 0 Å². The maximum atomic E-state index is 7.02. The second-order valence-corrected chi connectivity index (χ2v) is 1.78. The Morgan fingerprint density at radius 2 is 1.78 bits per heavy atom. The Hall–Kier alpha value is -1.38. The maximum absolute atomic E-state index is 7.02. The highest BCUT2D eigenvalue weighted by atomic mass is 15.3. The van der Waals surface area contributed by atoms with E-state index in [0.717, 1.165) is 16.2 Å². The fourth-order valence-corrected chi connectivity index (χ4v) is 0.752. The van der Waals surface area contributed by atoms with Crippen molar-refractivity contribution < 1.29 is 1.41 Å². The third kappa shape index (κ3) is 0.579. The minimum absolute atomic E-state index is 0.762. The zero-order chi connectivity index (χ0) is 6.97. The Morgan fingerprint density at radius 1 is 1.22 bits per heavy atom.